The molecule has 1 atom stereocenters. The van der Waals surface area contributed by atoms with E-state index in [4.69, 9.17) is 5.11 Å². The van der Waals surface area contributed by atoms with Crippen LogP contribution in [0.4, 0.5) is 0 Å². The highest BCUT2D eigenvalue weighted by Crippen LogP contribution is 2.13. The van der Waals surface area contributed by atoms with Crippen molar-refractivity contribution in [3.05, 3.63) is 35.9 Å². The number of aliphatic hydroxyl groups excluding tert-OH is 1. The lowest BCUT2D eigenvalue weighted by Crippen LogP contribution is -2.50. The largest absolute Gasteiger partial charge is 0.396 e. The third-order valence-electron chi connectivity index (χ3n) is 4.21. The predicted octanol–water partition coefficient (Wildman–Crippen LogP) is 1.96. The summed E-state index contributed by atoms with van der Waals surface area (Å²) >= 11 is 0. The molecule has 1 unspecified atom stereocenters. The summed E-state index contributed by atoms with van der Waals surface area (Å²) in [5.41, 5.74) is 0.561. The van der Waals surface area contributed by atoms with Gasteiger partial charge in [0.15, 0.2) is 0 Å². The molecule has 0 saturated carbocycles. The van der Waals surface area contributed by atoms with Gasteiger partial charge in [0.1, 0.15) is 6.04 Å². The van der Waals surface area contributed by atoms with Crippen molar-refractivity contribution in [1.29, 1.82) is 0 Å². The monoisotopic (exact) mass is 318 g/mol. The Hall–Kier alpha value is -1.88. The van der Waals surface area contributed by atoms with Crippen molar-refractivity contribution < 1.29 is 14.7 Å². The molecule has 0 bridgehead atoms. The maximum atomic E-state index is 12.7. The van der Waals surface area contributed by atoms with Gasteiger partial charge in [0.05, 0.1) is 0 Å². The molecule has 0 spiro atoms. The molecule has 1 aliphatic rings. The summed E-state index contributed by atoms with van der Waals surface area (Å²) in [7, 11) is 0. The minimum atomic E-state index is -0.507. The summed E-state index contributed by atoms with van der Waals surface area (Å²) in [6.45, 7) is 1.66. The fourth-order valence-electron chi connectivity index (χ4n) is 2.88. The predicted molar refractivity (Wildman–Crippen MR) is 89.1 cm³/mol. The molecular weight excluding hydrogens is 292 g/mol. The number of unbranched alkanes of at least 4 members (excludes halogenated alkanes) is 1. The molecule has 1 saturated heterocycles. The molecule has 0 radical (unpaired) electrons. The van der Waals surface area contributed by atoms with Crippen LogP contribution < -0.4 is 5.32 Å². The topological polar surface area (TPSA) is 69.6 Å². The van der Waals surface area contributed by atoms with Crippen molar-refractivity contribution in [2.45, 2.75) is 44.6 Å². The lowest BCUT2D eigenvalue weighted by molar-refractivity contribution is -0.134. The van der Waals surface area contributed by atoms with Crippen LogP contribution in [-0.2, 0) is 4.79 Å². The number of carbonyl (C=O) groups excluding carboxylic acids is 2. The Labute approximate surface area is 137 Å². The number of rotatable bonds is 7. The number of hydrogen-bond donors (Lipinski definition) is 2. The van der Waals surface area contributed by atoms with Gasteiger partial charge >= 0.3 is 0 Å². The zero-order chi connectivity index (χ0) is 16.5. The maximum Gasteiger partial charge on any atom is 0.251 e. The van der Waals surface area contributed by atoms with Gasteiger partial charge in [-0.3, -0.25) is 9.59 Å². The normalized spacial score (nSPS) is 16.0. The van der Waals surface area contributed by atoms with E-state index in [1.807, 2.05) is 23.1 Å². The standard InChI is InChI=1S/C18H26N2O3/c21-14-8-5-11-16(18(23)20-12-6-2-7-13-20)19-17(22)15-9-3-1-4-10-15/h1,3-4,9-10,16,21H,2,5-8,11-14H2,(H,19,22). The Balaban J connectivity index is 2.00. The first-order chi connectivity index (χ1) is 11.2. The quantitative estimate of drug-likeness (QED) is 0.755. The summed E-state index contributed by atoms with van der Waals surface area (Å²) in [4.78, 5) is 26.9. The van der Waals surface area contributed by atoms with Crippen LogP contribution in [0.1, 0.15) is 48.9 Å². The number of piperidine rings is 1. The molecule has 5 nitrogen and oxygen atoms in total. The van der Waals surface area contributed by atoms with Crippen molar-refractivity contribution in [2.24, 2.45) is 0 Å². The van der Waals surface area contributed by atoms with Gasteiger partial charge in [0.25, 0.3) is 5.91 Å². The molecule has 2 rings (SSSR count). The Morgan fingerprint density at radius 1 is 1.09 bits per heavy atom. The average molecular weight is 318 g/mol. The fraction of sp³-hybridized carbons (Fsp3) is 0.556. The Bertz CT molecular complexity index is 498. The van der Waals surface area contributed by atoms with E-state index in [0.717, 1.165) is 38.8 Å². The summed E-state index contributed by atoms with van der Waals surface area (Å²) in [6.07, 6.45) is 5.15. The molecule has 23 heavy (non-hydrogen) atoms. The van der Waals surface area contributed by atoms with Crippen LogP contribution in [-0.4, -0.2) is 47.6 Å². The minimum absolute atomic E-state index is 0.00641. The van der Waals surface area contributed by atoms with Gasteiger partial charge in [0, 0.05) is 25.3 Å². The number of benzene rings is 1. The SMILES string of the molecule is O=C(NC(CCCCO)C(=O)N1CCCCC1)c1ccccc1. The molecular formula is C18H26N2O3. The third-order valence-corrected chi connectivity index (χ3v) is 4.21. The van der Waals surface area contributed by atoms with Crippen LogP contribution >= 0.6 is 0 Å². The van der Waals surface area contributed by atoms with Gasteiger partial charge in [-0.2, -0.15) is 0 Å². The summed E-state index contributed by atoms with van der Waals surface area (Å²) in [5.74, 6) is -0.211. The Kier molecular flexibility index (Phi) is 7.07. The van der Waals surface area contributed by atoms with Crippen molar-refractivity contribution >= 4 is 11.8 Å². The van der Waals surface area contributed by atoms with E-state index < -0.39 is 6.04 Å². The molecule has 2 N–H and O–H groups in total. The van der Waals surface area contributed by atoms with E-state index >= 15 is 0 Å². The number of hydrogen-bond acceptors (Lipinski definition) is 3. The van der Waals surface area contributed by atoms with E-state index in [-0.39, 0.29) is 18.4 Å². The van der Waals surface area contributed by atoms with Crippen LogP contribution in [0.25, 0.3) is 0 Å². The second-order valence-electron chi connectivity index (χ2n) is 6.00. The second-order valence-corrected chi connectivity index (χ2v) is 6.00. The zero-order valence-electron chi connectivity index (χ0n) is 13.5. The average Bonchev–Trinajstić information content (AvgIpc) is 2.62. The molecule has 5 heteroatoms. The van der Waals surface area contributed by atoms with Crippen LogP contribution in [0.2, 0.25) is 0 Å². The number of nitrogens with one attached hydrogen (secondary N) is 1. The summed E-state index contributed by atoms with van der Waals surface area (Å²) in [5, 5.41) is 11.8. The highest BCUT2D eigenvalue weighted by molar-refractivity contribution is 5.97. The highest BCUT2D eigenvalue weighted by atomic mass is 16.3. The summed E-state index contributed by atoms with van der Waals surface area (Å²) < 4.78 is 0. The summed E-state index contributed by atoms with van der Waals surface area (Å²) in [6, 6.07) is 8.45. The van der Waals surface area contributed by atoms with E-state index in [2.05, 4.69) is 5.32 Å². The van der Waals surface area contributed by atoms with Gasteiger partial charge in [-0.1, -0.05) is 18.2 Å². The van der Waals surface area contributed by atoms with Gasteiger partial charge in [-0.15, -0.1) is 0 Å². The minimum Gasteiger partial charge on any atom is -0.396 e. The lowest BCUT2D eigenvalue weighted by Gasteiger charge is -2.30. The highest BCUT2D eigenvalue weighted by Gasteiger charge is 2.26. The third kappa shape index (κ3) is 5.36. The van der Waals surface area contributed by atoms with Crippen LogP contribution in [0.15, 0.2) is 30.3 Å². The van der Waals surface area contributed by atoms with Crippen molar-refractivity contribution in [3.63, 3.8) is 0 Å². The number of aliphatic hydroxyl groups is 1. The molecule has 1 aliphatic heterocycles. The van der Waals surface area contributed by atoms with Crippen molar-refractivity contribution in [3.8, 4) is 0 Å². The Morgan fingerprint density at radius 2 is 1.78 bits per heavy atom. The van der Waals surface area contributed by atoms with Crippen molar-refractivity contribution in [1.82, 2.24) is 10.2 Å². The molecule has 2 amide bonds. The van der Waals surface area contributed by atoms with Gasteiger partial charge in [-0.25, -0.2) is 0 Å². The number of nitrogens with zero attached hydrogens (tertiary/aromatic N) is 1. The van der Waals surface area contributed by atoms with E-state index in [9.17, 15) is 9.59 Å². The first-order valence-corrected chi connectivity index (χ1v) is 8.48. The lowest BCUT2D eigenvalue weighted by atomic mass is 10.0. The van der Waals surface area contributed by atoms with Crippen molar-refractivity contribution in [2.75, 3.05) is 19.7 Å². The zero-order valence-corrected chi connectivity index (χ0v) is 13.5. The number of carbonyl (C=O) groups is 2. The molecule has 0 aliphatic carbocycles. The molecule has 0 aromatic heterocycles. The van der Waals surface area contributed by atoms with Gasteiger partial charge in [-0.05, 0) is 50.7 Å². The first kappa shape index (κ1) is 17.5. The second kappa shape index (κ2) is 9.30. The van der Waals surface area contributed by atoms with Crippen LogP contribution in [0.5, 0.6) is 0 Å². The molecule has 126 valence electrons. The van der Waals surface area contributed by atoms with Gasteiger partial charge in [0.2, 0.25) is 5.91 Å². The Morgan fingerprint density at radius 3 is 2.43 bits per heavy atom. The smallest absolute Gasteiger partial charge is 0.251 e. The molecule has 1 fully saturated rings. The van der Waals surface area contributed by atoms with Crippen LogP contribution in [0, 0.1) is 0 Å². The molecule has 1 aromatic carbocycles. The van der Waals surface area contributed by atoms with Gasteiger partial charge < -0.3 is 15.3 Å². The number of amides is 2. The first-order valence-electron chi connectivity index (χ1n) is 8.48. The van der Waals surface area contributed by atoms with E-state index in [1.165, 1.54) is 0 Å². The fourth-order valence-corrected chi connectivity index (χ4v) is 2.88. The maximum absolute atomic E-state index is 12.7. The number of likely N-dealkylation sites (tertiary alicyclic amines) is 1. The van der Waals surface area contributed by atoms with Crippen LogP contribution in [0.3, 0.4) is 0 Å². The molecule has 1 aromatic rings. The van der Waals surface area contributed by atoms with E-state index in [1.54, 1.807) is 12.1 Å². The van der Waals surface area contributed by atoms with E-state index in [0.29, 0.717) is 18.4 Å². The molecule has 1 heterocycles.